The lowest BCUT2D eigenvalue weighted by atomic mass is 10.1. The van der Waals surface area contributed by atoms with Crippen LogP contribution in [-0.4, -0.2) is 22.4 Å². The van der Waals surface area contributed by atoms with E-state index in [1.807, 2.05) is 0 Å². The summed E-state index contributed by atoms with van der Waals surface area (Å²) in [7, 11) is 1.57. The zero-order valence-electron chi connectivity index (χ0n) is 9.38. The number of ether oxygens (including phenoxy) is 1. The molecule has 0 bridgehead atoms. The van der Waals surface area contributed by atoms with Crippen LogP contribution in [0, 0.1) is 0 Å². The van der Waals surface area contributed by atoms with Crippen molar-refractivity contribution in [2.45, 2.75) is 13.2 Å². The highest BCUT2D eigenvalue weighted by atomic mass is 16.5. The Balaban J connectivity index is 2.30. The van der Waals surface area contributed by atoms with Gasteiger partial charge >= 0.3 is 0 Å². The van der Waals surface area contributed by atoms with E-state index >= 15 is 0 Å². The Morgan fingerprint density at radius 2 is 2.29 bits per heavy atom. The van der Waals surface area contributed by atoms with Crippen LogP contribution in [0.15, 0.2) is 22.7 Å². The largest absolute Gasteiger partial charge is 0.508 e. The van der Waals surface area contributed by atoms with Crippen LogP contribution in [0.3, 0.4) is 0 Å². The van der Waals surface area contributed by atoms with Crippen molar-refractivity contribution >= 4 is 0 Å². The predicted molar refractivity (Wildman–Crippen MR) is 60.0 cm³/mol. The van der Waals surface area contributed by atoms with E-state index in [4.69, 9.17) is 15.0 Å². The fourth-order valence-electron chi connectivity index (χ4n) is 1.44. The number of benzene rings is 1. The van der Waals surface area contributed by atoms with E-state index in [0.29, 0.717) is 29.4 Å². The maximum Gasteiger partial charge on any atom is 0.240 e. The molecule has 17 heavy (non-hydrogen) atoms. The van der Waals surface area contributed by atoms with Crippen LogP contribution in [0.2, 0.25) is 0 Å². The molecule has 0 spiro atoms. The van der Waals surface area contributed by atoms with Gasteiger partial charge in [-0.2, -0.15) is 4.98 Å². The Kier molecular flexibility index (Phi) is 3.36. The summed E-state index contributed by atoms with van der Waals surface area (Å²) in [6.45, 7) is 0.549. The molecule has 0 radical (unpaired) electrons. The van der Waals surface area contributed by atoms with E-state index in [9.17, 15) is 5.11 Å². The summed E-state index contributed by atoms with van der Waals surface area (Å²) in [6, 6.07) is 5.12. The molecule has 1 heterocycles. The van der Waals surface area contributed by atoms with Gasteiger partial charge in [-0.1, -0.05) is 17.3 Å². The quantitative estimate of drug-likeness (QED) is 0.822. The molecule has 0 aliphatic rings. The zero-order chi connectivity index (χ0) is 12.3. The van der Waals surface area contributed by atoms with Gasteiger partial charge in [0.1, 0.15) is 5.75 Å². The topological polar surface area (TPSA) is 94.4 Å². The van der Waals surface area contributed by atoms with E-state index < -0.39 is 0 Å². The number of phenolic OH excluding ortho intramolecular Hbond substituents is 1. The second kappa shape index (κ2) is 4.94. The van der Waals surface area contributed by atoms with Crippen LogP contribution in [0.25, 0.3) is 11.4 Å². The normalized spacial score (nSPS) is 10.7. The van der Waals surface area contributed by atoms with Crippen molar-refractivity contribution in [3.05, 3.63) is 29.7 Å². The highest BCUT2D eigenvalue weighted by Gasteiger charge is 2.09. The summed E-state index contributed by atoms with van der Waals surface area (Å²) in [5, 5.41) is 13.5. The Hall–Kier alpha value is -1.92. The average molecular weight is 235 g/mol. The molecule has 0 saturated carbocycles. The number of aromatic hydroxyl groups is 1. The lowest BCUT2D eigenvalue weighted by Crippen LogP contribution is -1.95. The molecule has 0 unspecified atom stereocenters. The molecule has 0 fully saturated rings. The molecule has 6 nitrogen and oxygen atoms in total. The summed E-state index contributed by atoms with van der Waals surface area (Å²) in [6.07, 6.45) is 0. The molecule has 0 amide bonds. The molecule has 1 aromatic heterocycles. The fraction of sp³-hybridized carbons (Fsp3) is 0.273. The number of rotatable bonds is 4. The maximum atomic E-state index is 9.76. The standard InChI is InChI=1S/C11H13N3O3/c1-16-6-8-3-2-7(4-9(8)15)11-13-10(5-12)17-14-11/h2-4,15H,5-6,12H2,1H3. The van der Waals surface area contributed by atoms with Gasteiger partial charge in [0.25, 0.3) is 0 Å². The van der Waals surface area contributed by atoms with Crippen molar-refractivity contribution in [3.8, 4) is 17.1 Å². The number of nitrogens with two attached hydrogens (primary N) is 1. The van der Waals surface area contributed by atoms with Crippen LogP contribution in [0.5, 0.6) is 5.75 Å². The van der Waals surface area contributed by atoms with Crippen molar-refractivity contribution in [2.75, 3.05) is 7.11 Å². The number of phenols is 1. The fourth-order valence-corrected chi connectivity index (χ4v) is 1.44. The molecule has 6 heteroatoms. The molecular weight excluding hydrogens is 222 g/mol. The summed E-state index contributed by atoms with van der Waals surface area (Å²) >= 11 is 0. The first-order chi connectivity index (χ1) is 8.24. The smallest absolute Gasteiger partial charge is 0.240 e. The van der Waals surface area contributed by atoms with Gasteiger partial charge in [0, 0.05) is 18.2 Å². The van der Waals surface area contributed by atoms with Crippen LogP contribution >= 0.6 is 0 Å². The SMILES string of the molecule is COCc1ccc(-c2noc(CN)n2)cc1O. The minimum atomic E-state index is 0.142. The van der Waals surface area contributed by atoms with Crippen molar-refractivity contribution in [1.82, 2.24) is 10.1 Å². The van der Waals surface area contributed by atoms with Gasteiger partial charge in [0.2, 0.25) is 11.7 Å². The minimum absolute atomic E-state index is 0.142. The second-order valence-corrected chi connectivity index (χ2v) is 3.49. The Labute approximate surface area is 98.0 Å². The van der Waals surface area contributed by atoms with Gasteiger partial charge in [-0.3, -0.25) is 0 Å². The van der Waals surface area contributed by atoms with Crippen molar-refractivity contribution < 1.29 is 14.4 Å². The molecule has 1 aromatic carbocycles. The summed E-state index contributed by atoms with van der Waals surface area (Å²) in [5.41, 5.74) is 6.75. The first kappa shape index (κ1) is 11.6. The lowest BCUT2D eigenvalue weighted by molar-refractivity contribution is 0.182. The highest BCUT2D eigenvalue weighted by Crippen LogP contribution is 2.25. The third-order valence-corrected chi connectivity index (χ3v) is 2.29. The molecule has 3 N–H and O–H groups in total. The average Bonchev–Trinajstić information content (AvgIpc) is 2.80. The number of aromatic nitrogens is 2. The van der Waals surface area contributed by atoms with Crippen LogP contribution < -0.4 is 5.73 Å². The minimum Gasteiger partial charge on any atom is -0.508 e. The van der Waals surface area contributed by atoms with Crippen molar-refractivity contribution in [2.24, 2.45) is 5.73 Å². The molecule has 2 aromatic rings. The third-order valence-electron chi connectivity index (χ3n) is 2.29. The van der Waals surface area contributed by atoms with E-state index in [0.717, 1.165) is 0 Å². The lowest BCUT2D eigenvalue weighted by Gasteiger charge is -2.04. The van der Waals surface area contributed by atoms with Crippen molar-refractivity contribution in [1.29, 1.82) is 0 Å². The van der Waals surface area contributed by atoms with Crippen LogP contribution in [0.4, 0.5) is 0 Å². The molecular formula is C11H13N3O3. The number of methoxy groups -OCH3 is 1. The number of hydrogen-bond donors (Lipinski definition) is 2. The predicted octanol–water partition coefficient (Wildman–Crippen LogP) is 1.05. The van der Waals surface area contributed by atoms with Gasteiger partial charge < -0.3 is 20.1 Å². The van der Waals surface area contributed by atoms with E-state index in [1.54, 1.807) is 25.3 Å². The molecule has 0 saturated heterocycles. The van der Waals surface area contributed by atoms with Crippen LogP contribution in [-0.2, 0) is 17.9 Å². The van der Waals surface area contributed by atoms with Crippen molar-refractivity contribution in [3.63, 3.8) is 0 Å². The maximum absolute atomic E-state index is 9.76. The van der Waals surface area contributed by atoms with E-state index in [-0.39, 0.29) is 12.3 Å². The summed E-state index contributed by atoms with van der Waals surface area (Å²) in [5.74, 6) is 0.911. The monoisotopic (exact) mass is 235 g/mol. The Morgan fingerprint density at radius 1 is 1.47 bits per heavy atom. The molecule has 90 valence electrons. The van der Waals surface area contributed by atoms with E-state index in [2.05, 4.69) is 10.1 Å². The molecule has 0 atom stereocenters. The van der Waals surface area contributed by atoms with Crippen LogP contribution in [0.1, 0.15) is 11.5 Å². The first-order valence-electron chi connectivity index (χ1n) is 5.08. The third kappa shape index (κ3) is 2.43. The van der Waals surface area contributed by atoms with Gasteiger partial charge in [-0.15, -0.1) is 0 Å². The molecule has 0 aliphatic heterocycles. The Bertz CT molecular complexity index is 510. The molecule has 2 rings (SSSR count). The van der Waals surface area contributed by atoms with E-state index in [1.165, 1.54) is 0 Å². The highest BCUT2D eigenvalue weighted by molar-refractivity contribution is 5.58. The van der Waals surface area contributed by atoms with Gasteiger partial charge in [-0.05, 0) is 6.07 Å². The zero-order valence-corrected chi connectivity index (χ0v) is 9.38. The molecule has 0 aliphatic carbocycles. The van der Waals surface area contributed by atoms with Gasteiger partial charge in [-0.25, -0.2) is 0 Å². The summed E-state index contributed by atoms with van der Waals surface area (Å²) < 4.78 is 9.84. The van der Waals surface area contributed by atoms with Gasteiger partial charge in [0.05, 0.1) is 13.2 Å². The second-order valence-electron chi connectivity index (χ2n) is 3.49. The Morgan fingerprint density at radius 3 is 2.88 bits per heavy atom. The number of hydrogen-bond acceptors (Lipinski definition) is 6. The number of nitrogens with zero attached hydrogens (tertiary/aromatic N) is 2. The van der Waals surface area contributed by atoms with Gasteiger partial charge in [0.15, 0.2) is 0 Å². The first-order valence-corrected chi connectivity index (χ1v) is 5.08. The summed E-state index contributed by atoms with van der Waals surface area (Å²) in [4.78, 5) is 4.07.